The Hall–Kier alpha value is -0.730. The summed E-state index contributed by atoms with van der Waals surface area (Å²) >= 11 is 0. The molecule has 23 heavy (non-hydrogen) atoms. The van der Waals surface area contributed by atoms with Crippen LogP contribution >= 0.6 is 0 Å². The zero-order valence-corrected chi connectivity index (χ0v) is 14.7. The summed E-state index contributed by atoms with van der Waals surface area (Å²) in [4.78, 5) is 3.35. The van der Waals surface area contributed by atoms with Gasteiger partial charge in [0.2, 0.25) is 0 Å². The van der Waals surface area contributed by atoms with Crippen LogP contribution in [0, 0.1) is 28.6 Å². The summed E-state index contributed by atoms with van der Waals surface area (Å²) < 4.78 is 0. The first-order chi connectivity index (χ1) is 11.0. The highest BCUT2D eigenvalue weighted by Gasteiger charge is 2.64. The summed E-state index contributed by atoms with van der Waals surface area (Å²) in [5, 5.41) is 14.7. The molecule has 0 aromatic rings. The second-order valence-electron chi connectivity index (χ2n) is 9.49. The normalized spacial score (nSPS) is 55.3. The van der Waals surface area contributed by atoms with Gasteiger partial charge in [0.1, 0.15) is 0 Å². The highest BCUT2D eigenvalue weighted by molar-refractivity contribution is 5.18. The molecule has 0 heterocycles. The zero-order valence-electron chi connectivity index (χ0n) is 14.7. The van der Waals surface area contributed by atoms with Crippen molar-refractivity contribution in [2.45, 2.75) is 89.7 Å². The number of aliphatic hydroxyl groups is 1. The van der Waals surface area contributed by atoms with Crippen molar-refractivity contribution in [1.82, 2.24) is 0 Å². The second-order valence-corrected chi connectivity index (χ2v) is 9.49. The highest BCUT2D eigenvalue weighted by atomic mass is 16.3. The minimum Gasteiger partial charge on any atom is -0.393 e. The standard InChI is InChI=1S/C19H31N3O/c1-17-8-3-9-19(17,21-22-20)16-5-4-13-12-14(23)6-11-18(13,2)15(16)7-10-17/h13-16,23H,3-12H2,1-2H3/t13?,14?,15-,16-,17+,18+,19-/m1/s1. The Kier molecular flexibility index (Phi) is 3.52. The van der Waals surface area contributed by atoms with Gasteiger partial charge >= 0.3 is 0 Å². The largest absolute Gasteiger partial charge is 0.393 e. The first-order valence-electron chi connectivity index (χ1n) is 9.69. The number of azide groups is 1. The molecule has 7 atom stereocenters. The molecule has 0 aliphatic heterocycles. The molecule has 0 saturated heterocycles. The van der Waals surface area contributed by atoms with Gasteiger partial charge in [-0.1, -0.05) is 25.4 Å². The fraction of sp³-hybridized carbons (Fsp3) is 1.00. The Balaban J connectivity index is 1.73. The van der Waals surface area contributed by atoms with Crippen LogP contribution in [0.25, 0.3) is 10.4 Å². The molecule has 4 heteroatoms. The minimum atomic E-state index is -0.130. The summed E-state index contributed by atoms with van der Waals surface area (Å²) in [7, 11) is 0. The minimum absolute atomic E-state index is 0.0870. The molecule has 128 valence electrons. The van der Waals surface area contributed by atoms with E-state index in [9.17, 15) is 10.6 Å². The third-order valence-corrected chi connectivity index (χ3v) is 8.84. The Morgan fingerprint density at radius 2 is 1.83 bits per heavy atom. The molecule has 0 spiro atoms. The lowest BCUT2D eigenvalue weighted by atomic mass is 9.43. The van der Waals surface area contributed by atoms with Crippen molar-refractivity contribution in [1.29, 1.82) is 0 Å². The average Bonchev–Trinajstić information content (AvgIpc) is 2.86. The van der Waals surface area contributed by atoms with Gasteiger partial charge in [-0.05, 0) is 91.9 Å². The molecule has 0 bridgehead atoms. The van der Waals surface area contributed by atoms with Gasteiger partial charge in [0.05, 0.1) is 11.6 Å². The number of aliphatic hydroxyl groups excluding tert-OH is 1. The molecule has 0 amide bonds. The number of hydrogen-bond donors (Lipinski definition) is 1. The molecule has 4 rings (SSSR count). The monoisotopic (exact) mass is 317 g/mol. The van der Waals surface area contributed by atoms with Crippen LogP contribution in [0.1, 0.15) is 78.1 Å². The first kappa shape index (κ1) is 15.8. The Morgan fingerprint density at radius 1 is 1.00 bits per heavy atom. The fourth-order valence-electron chi connectivity index (χ4n) is 7.52. The van der Waals surface area contributed by atoms with Gasteiger partial charge in [0.25, 0.3) is 0 Å². The summed E-state index contributed by atoms with van der Waals surface area (Å²) in [5.41, 5.74) is 9.76. The topological polar surface area (TPSA) is 69.0 Å². The van der Waals surface area contributed by atoms with Crippen LogP contribution in [0.4, 0.5) is 0 Å². The number of rotatable bonds is 1. The van der Waals surface area contributed by atoms with Gasteiger partial charge in [0, 0.05) is 4.91 Å². The maximum atomic E-state index is 10.1. The third kappa shape index (κ3) is 1.97. The molecule has 2 unspecified atom stereocenters. The van der Waals surface area contributed by atoms with E-state index in [-0.39, 0.29) is 17.1 Å². The van der Waals surface area contributed by atoms with Gasteiger partial charge in [-0.15, -0.1) is 0 Å². The van der Waals surface area contributed by atoms with Crippen LogP contribution in [0.3, 0.4) is 0 Å². The van der Waals surface area contributed by atoms with E-state index in [0.29, 0.717) is 23.2 Å². The van der Waals surface area contributed by atoms with Crippen LogP contribution in [-0.4, -0.2) is 16.7 Å². The Labute approximate surface area is 139 Å². The van der Waals surface area contributed by atoms with Gasteiger partial charge in [-0.25, -0.2) is 0 Å². The van der Waals surface area contributed by atoms with Crippen LogP contribution in [0.15, 0.2) is 5.11 Å². The number of nitrogens with zero attached hydrogens (tertiary/aromatic N) is 3. The van der Waals surface area contributed by atoms with Gasteiger partial charge in [0.15, 0.2) is 0 Å². The maximum absolute atomic E-state index is 10.1. The van der Waals surface area contributed by atoms with Crippen molar-refractivity contribution in [3.63, 3.8) is 0 Å². The van der Waals surface area contributed by atoms with Crippen molar-refractivity contribution >= 4 is 0 Å². The molecule has 4 nitrogen and oxygen atoms in total. The molecule has 0 radical (unpaired) electrons. The lowest BCUT2D eigenvalue weighted by Crippen LogP contribution is -2.60. The van der Waals surface area contributed by atoms with E-state index in [0.717, 1.165) is 25.7 Å². The van der Waals surface area contributed by atoms with E-state index in [1.54, 1.807) is 0 Å². The SMILES string of the molecule is C[C@@]12CCC[C@@]1(N=[N+]=[N-])[C@@H]1CCC3CC(O)CC[C@]3(C)[C@@H]1CC2. The molecule has 4 aliphatic carbocycles. The molecule has 1 N–H and O–H groups in total. The van der Waals surface area contributed by atoms with E-state index in [1.807, 2.05) is 0 Å². The molecule has 4 aliphatic rings. The molecule has 0 aromatic heterocycles. The van der Waals surface area contributed by atoms with E-state index in [1.165, 1.54) is 38.5 Å². The summed E-state index contributed by atoms with van der Waals surface area (Å²) in [5.74, 6) is 1.92. The first-order valence-corrected chi connectivity index (χ1v) is 9.69. The molecular formula is C19H31N3O. The van der Waals surface area contributed by atoms with E-state index < -0.39 is 0 Å². The zero-order chi connectivity index (χ0) is 16.3. The van der Waals surface area contributed by atoms with Crippen LogP contribution < -0.4 is 0 Å². The predicted octanol–water partition coefficient (Wildman–Crippen LogP) is 5.21. The lowest BCUT2D eigenvalue weighted by Gasteiger charge is -2.63. The lowest BCUT2D eigenvalue weighted by molar-refractivity contribution is -0.129. The summed E-state index contributed by atoms with van der Waals surface area (Å²) in [6.45, 7) is 4.88. The van der Waals surface area contributed by atoms with Crippen molar-refractivity contribution in [3.8, 4) is 0 Å². The second kappa shape index (κ2) is 5.13. The van der Waals surface area contributed by atoms with Crippen molar-refractivity contribution in [2.24, 2.45) is 33.7 Å². The Morgan fingerprint density at radius 3 is 2.61 bits per heavy atom. The quantitative estimate of drug-likeness (QED) is 0.402. The van der Waals surface area contributed by atoms with Crippen LogP contribution in [-0.2, 0) is 0 Å². The molecule has 4 fully saturated rings. The smallest absolute Gasteiger partial charge is 0.0572 e. The molecule has 4 saturated carbocycles. The van der Waals surface area contributed by atoms with E-state index in [2.05, 4.69) is 23.9 Å². The van der Waals surface area contributed by atoms with E-state index >= 15 is 0 Å². The summed E-state index contributed by atoms with van der Waals surface area (Å²) in [6, 6.07) is 0. The van der Waals surface area contributed by atoms with Crippen LogP contribution in [0.2, 0.25) is 0 Å². The summed E-state index contributed by atoms with van der Waals surface area (Å²) in [6.07, 6.45) is 11.5. The number of hydrogen-bond acceptors (Lipinski definition) is 2. The van der Waals surface area contributed by atoms with Gasteiger partial charge in [-0.2, -0.15) is 0 Å². The predicted molar refractivity (Wildman–Crippen MR) is 90.7 cm³/mol. The third-order valence-electron chi connectivity index (χ3n) is 8.84. The van der Waals surface area contributed by atoms with Gasteiger partial charge in [-0.3, -0.25) is 0 Å². The van der Waals surface area contributed by atoms with Crippen molar-refractivity contribution in [2.75, 3.05) is 0 Å². The average molecular weight is 317 g/mol. The van der Waals surface area contributed by atoms with E-state index in [4.69, 9.17) is 0 Å². The van der Waals surface area contributed by atoms with Crippen molar-refractivity contribution < 1.29 is 5.11 Å². The number of fused-ring (bicyclic) bond motifs is 5. The van der Waals surface area contributed by atoms with Crippen molar-refractivity contribution in [3.05, 3.63) is 10.4 Å². The Bertz CT molecular complexity index is 545. The van der Waals surface area contributed by atoms with Crippen LogP contribution in [0.5, 0.6) is 0 Å². The highest BCUT2D eigenvalue weighted by Crippen LogP contribution is 2.68. The molecule has 0 aromatic carbocycles. The van der Waals surface area contributed by atoms with Gasteiger partial charge < -0.3 is 5.11 Å². The fourth-order valence-corrected chi connectivity index (χ4v) is 7.52. The maximum Gasteiger partial charge on any atom is 0.0572 e. The molecular weight excluding hydrogens is 286 g/mol.